The average molecular weight is 276 g/mol. The van der Waals surface area contributed by atoms with Crippen LogP contribution in [0.5, 0.6) is 5.75 Å². The fourth-order valence-electron chi connectivity index (χ4n) is 1.80. The third-order valence-corrected chi connectivity index (χ3v) is 3.48. The van der Waals surface area contributed by atoms with Crippen molar-refractivity contribution in [2.75, 3.05) is 5.32 Å². The van der Waals surface area contributed by atoms with Crippen LogP contribution in [-0.2, 0) is 0 Å². The molecule has 0 spiro atoms. The van der Waals surface area contributed by atoms with Crippen LogP contribution in [0.15, 0.2) is 36.4 Å². The number of phenols is 1. The van der Waals surface area contributed by atoms with Crippen molar-refractivity contribution in [3.63, 3.8) is 0 Å². The van der Waals surface area contributed by atoms with Crippen molar-refractivity contribution in [3.05, 3.63) is 58.1 Å². The molecular weight excluding hydrogens is 262 g/mol. The van der Waals surface area contributed by atoms with Crippen LogP contribution in [-0.4, -0.2) is 11.0 Å². The Morgan fingerprint density at radius 3 is 2.53 bits per heavy atom. The lowest BCUT2D eigenvalue weighted by molar-refractivity contribution is 0.102. The third kappa shape index (κ3) is 2.71. The van der Waals surface area contributed by atoms with Crippen molar-refractivity contribution in [3.8, 4) is 5.75 Å². The van der Waals surface area contributed by atoms with E-state index in [1.54, 1.807) is 43.3 Å². The smallest absolute Gasteiger partial charge is 0.256 e. The van der Waals surface area contributed by atoms with E-state index >= 15 is 0 Å². The molecule has 0 fully saturated rings. The van der Waals surface area contributed by atoms with Gasteiger partial charge in [0.05, 0.1) is 0 Å². The van der Waals surface area contributed by atoms with Crippen LogP contribution in [0.4, 0.5) is 5.69 Å². The Hall–Kier alpha value is -2.00. The van der Waals surface area contributed by atoms with Gasteiger partial charge in [0.2, 0.25) is 0 Å². The summed E-state index contributed by atoms with van der Waals surface area (Å²) in [6.45, 7) is 3.54. The number of phenolic OH excluding ortho intramolecular Hbond substituents is 1. The van der Waals surface area contributed by atoms with Crippen molar-refractivity contribution in [1.82, 2.24) is 0 Å². The van der Waals surface area contributed by atoms with Crippen molar-refractivity contribution in [1.29, 1.82) is 0 Å². The number of hydrogen-bond acceptors (Lipinski definition) is 2. The average Bonchev–Trinajstić information content (AvgIpc) is 2.38. The summed E-state index contributed by atoms with van der Waals surface area (Å²) in [5.74, 6) is -0.158. The molecule has 0 atom stereocenters. The maximum Gasteiger partial charge on any atom is 0.256 e. The first-order valence-corrected chi connectivity index (χ1v) is 6.23. The molecule has 4 heteroatoms. The number of amides is 1. The number of nitrogens with one attached hydrogen (secondary N) is 1. The Balaban J connectivity index is 2.31. The number of aromatic hydroxyl groups is 1. The second-order valence-electron chi connectivity index (χ2n) is 4.32. The topological polar surface area (TPSA) is 49.3 Å². The van der Waals surface area contributed by atoms with E-state index in [-0.39, 0.29) is 11.7 Å². The number of carbonyl (C=O) groups excluding carboxylic acids is 1. The molecule has 0 saturated heterocycles. The lowest BCUT2D eigenvalue weighted by Gasteiger charge is -2.11. The van der Waals surface area contributed by atoms with Gasteiger partial charge < -0.3 is 10.4 Å². The highest BCUT2D eigenvalue weighted by Crippen LogP contribution is 2.25. The SMILES string of the molecule is Cc1c(Cl)cccc1NC(=O)c1cccc(O)c1C. The first-order chi connectivity index (χ1) is 9.00. The normalized spacial score (nSPS) is 10.3. The van der Waals surface area contributed by atoms with Gasteiger partial charge in [0, 0.05) is 21.8 Å². The second-order valence-corrected chi connectivity index (χ2v) is 4.72. The van der Waals surface area contributed by atoms with Gasteiger partial charge >= 0.3 is 0 Å². The number of anilines is 1. The molecule has 0 bridgehead atoms. The fraction of sp³-hybridized carbons (Fsp3) is 0.133. The van der Waals surface area contributed by atoms with Crippen molar-refractivity contribution in [2.45, 2.75) is 13.8 Å². The molecule has 0 heterocycles. The molecule has 0 saturated carbocycles. The number of carbonyl (C=O) groups is 1. The molecule has 19 heavy (non-hydrogen) atoms. The zero-order valence-corrected chi connectivity index (χ0v) is 11.5. The molecule has 2 N–H and O–H groups in total. The Kier molecular flexibility index (Phi) is 3.76. The molecule has 0 aliphatic heterocycles. The zero-order valence-electron chi connectivity index (χ0n) is 10.7. The molecule has 2 rings (SSSR count). The van der Waals surface area contributed by atoms with E-state index in [9.17, 15) is 9.90 Å². The molecule has 0 unspecified atom stereocenters. The van der Waals surface area contributed by atoms with Crippen LogP contribution in [0.3, 0.4) is 0 Å². The lowest BCUT2D eigenvalue weighted by atomic mass is 10.1. The second kappa shape index (κ2) is 5.33. The Morgan fingerprint density at radius 2 is 1.79 bits per heavy atom. The quantitative estimate of drug-likeness (QED) is 0.873. The number of rotatable bonds is 2. The molecule has 2 aromatic carbocycles. The fourth-order valence-corrected chi connectivity index (χ4v) is 1.98. The van der Waals surface area contributed by atoms with Crippen LogP contribution in [0.1, 0.15) is 21.5 Å². The highest BCUT2D eigenvalue weighted by atomic mass is 35.5. The molecule has 0 radical (unpaired) electrons. The first kappa shape index (κ1) is 13.4. The summed E-state index contributed by atoms with van der Waals surface area (Å²) in [5.41, 5.74) is 2.48. The minimum Gasteiger partial charge on any atom is -0.508 e. The van der Waals surface area contributed by atoms with Crippen molar-refractivity contribution >= 4 is 23.2 Å². The van der Waals surface area contributed by atoms with E-state index in [1.165, 1.54) is 0 Å². The van der Waals surface area contributed by atoms with Gasteiger partial charge in [0.25, 0.3) is 5.91 Å². The summed E-state index contributed by atoms with van der Waals surface area (Å²) in [6, 6.07) is 10.2. The molecule has 3 nitrogen and oxygen atoms in total. The minimum absolute atomic E-state index is 0.107. The predicted molar refractivity (Wildman–Crippen MR) is 77.0 cm³/mol. The van der Waals surface area contributed by atoms with Gasteiger partial charge in [-0.3, -0.25) is 4.79 Å². The van der Waals surface area contributed by atoms with E-state index in [0.29, 0.717) is 21.8 Å². The van der Waals surface area contributed by atoms with Crippen LogP contribution < -0.4 is 5.32 Å². The van der Waals surface area contributed by atoms with Gasteiger partial charge in [0.15, 0.2) is 0 Å². The van der Waals surface area contributed by atoms with Crippen LogP contribution in [0, 0.1) is 13.8 Å². The number of halogens is 1. The van der Waals surface area contributed by atoms with Gasteiger partial charge in [-0.15, -0.1) is 0 Å². The Labute approximate surface area is 116 Å². The van der Waals surface area contributed by atoms with Gasteiger partial charge in [-0.1, -0.05) is 23.7 Å². The van der Waals surface area contributed by atoms with Gasteiger partial charge in [0.1, 0.15) is 5.75 Å². The van der Waals surface area contributed by atoms with Gasteiger partial charge in [-0.2, -0.15) is 0 Å². The minimum atomic E-state index is -0.265. The zero-order chi connectivity index (χ0) is 14.0. The summed E-state index contributed by atoms with van der Waals surface area (Å²) in [7, 11) is 0. The summed E-state index contributed by atoms with van der Waals surface area (Å²) in [6.07, 6.45) is 0. The van der Waals surface area contributed by atoms with Gasteiger partial charge in [-0.25, -0.2) is 0 Å². The highest BCUT2D eigenvalue weighted by molar-refractivity contribution is 6.31. The van der Waals surface area contributed by atoms with Gasteiger partial charge in [-0.05, 0) is 43.7 Å². The summed E-state index contributed by atoms with van der Waals surface area (Å²) >= 11 is 6.01. The van der Waals surface area contributed by atoms with Crippen LogP contribution >= 0.6 is 11.6 Å². The van der Waals surface area contributed by atoms with E-state index in [0.717, 1.165) is 5.56 Å². The maximum atomic E-state index is 12.2. The van der Waals surface area contributed by atoms with Crippen LogP contribution in [0.25, 0.3) is 0 Å². The summed E-state index contributed by atoms with van der Waals surface area (Å²) in [4.78, 5) is 12.2. The molecular formula is C15H14ClNO2. The maximum absolute atomic E-state index is 12.2. The molecule has 0 aliphatic rings. The van der Waals surface area contributed by atoms with E-state index < -0.39 is 0 Å². The Morgan fingerprint density at radius 1 is 1.11 bits per heavy atom. The Bertz CT molecular complexity index is 638. The standard InChI is InChI=1S/C15H14ClNO2/c1-9-11(5-3-8-14(9)18)15(19)17-13-7-4-6-12(16)10(13)2/h3-8,18H,1-2H3,(H,17,19). The predicted octanol–water partition coefficient (Wildman–Crippen LogP) is 3.91. The molecule has 0 aromatic heterocycles. The number of hydrogen-bond donors (Lipinski definition) is 2. The van der Waals surface area contributed by atoms with Crippen molar-refractivity contribution < 1.29 is 9.90 Å². The molecule has 0 aliphatic carbocycles. The monoisotopic (exact) mass is 275 g/mol. The summed E-state index contributed by atoms with van der Waals surface area (Å²) < 4.78 is 0. The third-order valence-electron chi connectivity index (χ3n) is 3.07. The summed E-state index contributed by atoms with van der Waals surface area (Å²) in [5, 5.41) is 13.0. The molecule has 2 aromatic rings. The number of benzene rings is 2. The molecule has 1 amide bonds. The van der Waals surface area contributed by atoms with Crippen LogP contribution in [0.2, 0.25) is 5.02 Å². The van der Waals surface area contributed by atoms with E-state index in [1.807, 2.05) is 6.92 Å². The van der Waals surface area contributed by atoms with E-state index in [4.69, 9.17) is 11.6 Å². The largest absolute Gasteiger partial charge is 0.508 e. The molecule has 98 valence electrons. The lowest BCUT2D eigenvalue weighted by Crippen LogP contribution is -2.14. The first-order valence-electron chi connectivity index (χ1n) is 5.85. The van der Waals surface area contributed by atoms with Crippen molar-refractivity contribution in [2.24, 2.45) is 0 Å². The van der Waals surface area contributed by atoms with E-state index in [2.05, 4.69) is 5.32 Å². The highest BCUT2D eigenvalue weighted by Gasteiger charge is 2.13.